The van der Waals surface area contributed by atoms with Crippen LogP contribution < -0.4 is 9.47 Å². The highest BCUT2D eigenvalue weighted by atomic mass is 19.2. The Labute approximate surface area is 239 Å². The SMILES string of the molecule is C=CCCCOc1ccc(-c2ccc(OC(=O)c3ccc(C4CCC(C(O)CCC)CC4)c(F)c3F)cc2)c(F)c1. The number of allylic oxidation sites excluding steroid dienone is 1. The van der Waals surface area contributed by atoms with Crippen molar-refractivity contribution in [2.45, 2.75) is 70.3 Å². The van der Waals surface area contributed by atoms with Gasteiger partial charge in [0.2, 0.25) is 0 Å². The van der Waals surface area contributed by atoms with Gasteiger partial charge in [0.25, 0.3) is 0 Å². The lowest BCUT2D eigenvalue weighted by atomic mass is 9.76. The van der Waals surface area contributed by atoms with E-state index >= 15 is 4.39 Å². The highest BCUT2D eigenvalue weighted by Gasteiger charge is 2.30. The van der Waals surface area contributed by atoms with Gasteiger partial charge in [-0.1, -0.05) is 37.6 Å². The first-order valence-electron chi connectivity index (χ1n) is 14.3. The average molecular weight is 567 g/mol. The van der Waals surface area contributed by atoms with Gasteiger partial charge >= 0.3 is 5.97 Å². The molecule has 4 rings (SSSR count). The first kappa shape index (κ1) is 30.4. The van der Waals surface area contributed by atoms with Crippen molar-refractivity contribution in [3.05, 3.63) is 95.8 Å². The van der Waals surface area contributed by atoms with Crippen molar-refractivity contribution < 1.29 is 32.5 Å². The van der Waals surface area contributed by atoms with E-state index in [0.29, 0.717) is 36.3 Å². The van der Waals surface area contributed by atoms with E-state index in [4.69, 9.17) is 9.47 Å². The lowest BCUT2D eigenvalue weighted by Crippen LogP contribution is -2.25. The van der Waals surface area contributed by atoms with Crippen molar-refractivity contribution in [1.29, 1.82) is 0 Å². The fourth-order valence-corrected chi connectivity index (χ4v) is 5.49. The summed E-state index contributed by atoms with van der Waals surface area (Å²) < 4.78 is 55.6. The number of rotatable bonds is 12. The molecule has 1 saturated carbocycles. The summed E-state index contributed by atoms with van der Waals surface area (Å²) >= 11 is 0. The number of aliphatic hydroxyl groups excluding tert-OH is 1. The number of benzene rings is 3. The number of esters is 1. The molecule has 0 aliphatic heterocycles. The summed E-state index contributed by atoms with van der Waals surface area (Å²) in [6.45, 7) is 6.15. The molecular formula is C34H37F3O4. The second-order valence-corrected chi connectivity index (χ2v) is 10.6. The molecule has 0 aromatic heterocycles. The van der Waals surface area contributed by atoms with Gasteiger partial charge in [0.15, 0.2) is 11.6 Å². The maximum Gasteiger partial charge on any atom is 0.346 e. The minimum Gasteiger partial charge on any atom is -0.493 e. The van der Waals surface area contributed by atoms with E-state index in [-0.39, 0.29) is 29.3 Å². The van der Waals surface area contributed by atoms with Crippen LogP contribution in [0.2, 0.25) is 0 Å². The Bertz CT molecular complexity index is 1330. The fourth-order valence-electron chi connectivity index (χ4n) is 5.49. The number of halogens is 3. The van der Waals surface area contributed by atoms with Gasteiger partial charge in [-0.3, -0.25) is 0 Å². The summed E-state index contributed by atoms with van der Waals surface area (Å²) in [5, 5.41) is 10.3. The Balaban J connectivity index is 1.38. The monoisotopic (exact) mass is 566 g/mol. The van der Waals surface area contributed by atoms with Gasteiger partial charge in [0.1, 0.15) is 17.3 Å². The number of hydrogen-bond acceptors (Lipinski definition) is 4. The standard InChI is InChI=1S/C34H37F3O4/c1-3-5-6-20-40-26-16-17-27(30(35)21-26)22-12-14-25(15-13-22)41-34(39)29-19-18-28(32(36)33(29)37)23-8-10-24(11-9-23)31(38)7-4-2/h3,12-19,21,23-24,31,38H,1,4-11,20H2,2H3. The molecule has 0 spiro atoms. The normalized spacial score (nSPS) is 17.6. The maximum atomic E-state index is 15.1. The summed E-state index contributed by atoms with van der Waals surface area (Å²) in [6.07, 6.45) is 7.52. The summed E-state index contributed by atoms with van der Waals surface area (Å²) in [5.74, 6) is -3.17. The molecule has 41 heavy (non-hydrogen) atoms. The van der Waals surface area contributed by atoms with Crippen LogP contribution in [0.3, 0.4) is 0 Å². The van der Waals surface area contributed by atoms with E-state index < -0.39 is 29.0 Å². The topological polar surface area (TPSA) is 55.8 Å². The molecule has 7 heteroatoms. The zero-order valence-electron chi connectivity index (χ0n) is 23.4. The third-order valence-corrected chi connectivity index (χ3v) is 7.81. The average Bonchev–Trinajstić information content (AvgIpc) is 2.97. The van der Waals surface area contributed by atoms with Gasteiger partial charge in [-0.15, -0.1) is 6.58 Å². The van der Waals surface area contributed by atoms with Crippen molar-refractivity contribution in [3.63, 3.8) is 0 Å². The lowest BCUT2D eigenvalue weighted by molar-refractivity contribution is 0.0717. The van der Waals surface area contributed by atoms with Gasteiger partial charge in [-0.2, -0.15) is 0 Å². The fraction of sp³-hybridized carbons (Fsp3) is 0.382. The van der Waals surface area contributed by atoms with E-state index in [1.807, 2.05) is 6.92 Å². The number of carbonyl (C=O) groups excluding carboxylic acids is 1. The first-order chi connectivity index (χ1) is 19.8. The van der Waals surface area contributed by atoms with Crippen molar-refractivity contribution in [2.75, 3.05) is 6.61 Å². The predicted octanol–water partition coefficient (Wildman–Crippen LogP) is 8.77. The van der Waals surface area contributed by atoms with Crippen LogP contribution in [0, 0.1) is 23.4 Å². The third kappa shape index (κ3) is 7.59. The molecule has 1 N–H and O–H groups in total. The highest BCUT2D eigenvalue weighted by Crippen LogP contribution is 2.39. The van der Waals surface area contributed by atoms with Crippen molar-refractivity contribution in [2.24, 2.45) is 5.92 Å². The molecule has 1 unspecified atom stereocenters. The summed E-state index contributed by atoms with van der Waals surface area (Å²) in [6, 6.07) is 13.4. The number of carbonyl (C=O) groups is 1. The molecular weight excluding hydrogens is 529 g/mol. The summed E-state index contributed by atoms with van der Waals surface area (Å²) in [4.78, 5) is 12.7. The third-order valence-electron chi connectivity index (χ3n) is 7.81. The quantitative estimate of drug-likeness (QED) is 0.103. The summed E-state index contributed by atoms with van der Waals surface area (Å²) in [7, 11) is 0. The Hall–Kier alpha value is -3.58. The van der Waals surface area contributed by atoms with Crippen molar-refractivity contribution in [3.8, 4) is 22.6 Å². The van der Waals surface area contributed by atoms with Crippen LogP contribution in [0.1, 0.15) is 80.1 Å². The van der Waals surface area contributed by atoms with Gasteiger partial charge in [0.05, 0.1) is 18.3 Å². The molecule has 0 amide bonds. The molecule has 218 valence electrons. The Kier molecular flexibility index (Phi) is 10.6. The van der Waals surface area contributed by atoms with Crippen LogP contribution in [0.15, 0.2) is 67.3 Å². The van der Waals surface area contributed by atoms with Gasteiger partial charge in [0, 0.05) is 11.6 Å². The highest BCUT2D eigenvalue weighted by molar-refractivity contribution is 5.91. The molecule has 1 atom stereocenters. The lowest BCUT2D eigenvalue weighted by Gasteiger charge is -2.32. The van der Waals surface area contributed by atoms with Crippen molar-refractivity contribution >= 4 is 5.97 Å². The van der Waals surface area contributed by atoms with Crippen molar-refractivity contribution in [1.82, 2.24) is 0 Å². The van der Waals surface area contributed by atoms with Crippen LogP contribution in [0.5, 0.6) is 11.5 Å². The van der Waals surface area contributed by atoms with Crippen LogP contribution in [0.25, 0.3) is 11.1 Å². The minimum absolute atomic E-state index is 0.120. The van der Waals surface area contributed by atoms with E-state index in [0.717, 1.165) is 38.5 Å². The number of ether oxygens (including phenoxy) is 2. The van der Waals surface area contributed by atoms with Gasteiger partial charge in [-0.05, 0) is 98.2 Å². The summed E-state index contributed by atoms with van der Waals surface area (Å²) in [5.41, 5.74) is 0.664. The maximum absolute atomic E-state index is 15.1. The van der Waals surface area contributed by atoms with E-state index in [9.17, 15) is 18.7 Å². The molecule has 1 aliphatic carbocycles. The van der Waals surface area contributed by atoms with Crippen LogP contribution in [-0.4, -0.2) is 23.8 Å². The molecule has 1 fully saturated rings. The number of aliphatic hydroxyl groups is 1. The minimum atomic E-state index is -1.23. The first-order valence-corrected chi connectivity index (χ1v) is 14.3. The van der Waals surface area contributed by atoms with Crippen LogP contribution in [0.4, 0.5) is 13.2 Å². The molecule has 0 heterocycles. The molecule has 1 aliphatic rings. The number of hydrogen-bond donors (Lipinski definition) is 1. The number of unbranched alkanes of at least 4 members (excludes halogenated alkanes) is 1. The molecule has 0 radical (unpaired) electrons. The largest absolute Gasteiger partial charge is 0.493 e. The molecule has 4 nitrogen and oxygen atoms in total. The van der Waals surface area contributed by atoms with Crippen LogP contribution >= 0.6 is 0 Å². The zero-order valence-corrected chi connectivity index (χ0v) is 23.4. The Morgan fingerprint density at radius 3 is 2.37 bits per heavy atom. The van der Waals surface area contributed by atoms with E-state index in [1.54, 1.807) is 30.3 Å². The Morgan fingerprint density at radius 1 is 1.00 bits per heavy atom. The Morgan fingerprint density at radius 2 is 1.71 bits per heavy atom. The predicted molar refractivity (Wildman–Crippen MR) is 154 cm³/mol. The van der Waals surface area contributed by atoms with Crippen LogP contribution in [-0.2, 0) is 0 Å². The van der Waals surface area contributed by atoms with Gasteiger partial charge < -0.3 is 14.6 Å². The van der Waals surface area contributed by atoms with Gasteiger partial charge in [-0.25, -0.2) is 18.0 Å². The zero-order chi connectivity index (χ0) is 29.4. The van der Waals surface area contributed by atoms with E-state index in [2.05, 4.69) is 6.58 Å². The second-order valence-electron chi connectivity index (χ2n) is 10.6. The smallest absolute Gasteiger partial charge is 0.346 e. The molecule has 0 saturated heterocycles. The molecule has 3 aromatic rings. The van der Waals surface area contributed by atoms with E-state index in [1.165, 1.54) is 30.3 Å². The molecule has 0 bridgehead atoms. The molecule has 3 aromatic carbocycles. The second kappa shape index (κ2) is 14.4.